The molecule has 86 valence electrons. The molecule has 0 unspecified atom stereocenters. The lowest BCUT2D eigenvalue weighted by Crippen LogP contribution is -1.93. The number of benzene rings is 1. The van der Waals surface area contributed by atoms with Gasteiger partial charge in [-0.1, -0.05) is 12.1 Å². The third-order valence-corrected chi connectivity index (χ3v) is 3.50. The SMILES string of the molecule is Cc1ccc2c3c(cc(C=O)n3C)n(C)c2c1. The van der Waals surface area contributed by atoms with Crippen LogP contribution < -0.4 is 0 Å². The van der Waals surface area contributed by atoms with Crippen LogP contribution in [-0.2, 0) is 14.1 Å². The second kappa shape index (κ2) is 3.23. The Bertz CT molecular complexity index is 747. The van der Waals surface area contributed by atoms with E-state index in [1.807, 2.05) is 24.7 Å². The predicted molar refractivity (Wildman–Crippen MR) is 69.5 cm³/mol. The van der Waals surface area contributed by atoms with E-state index in [0.717, 1.165) is 17.3 Å². The van der Waals surface area contributed by atoms with Gasteiger partial charge in [0.1, 0.15) is 0 Å². The molecule has 0 aliphatic rings. The molecule has 0 amide bonds. The summed E-state index contributed by atoms with van der Waals surface area (Å²) in [4.78, 5) is 11.0. The Balaban J connectivity index is 2.58. The van der Waals surface area contributed by atoms with Crippen LogP contribution in [0.4, 0.5) is 0 Å². The van der Waals surface area contributed by atoms with E-state index >= 15 is 0 Å². The van der Waals surface area contributed by atoms with E-state index < -0.39 is 0 Å². The van der Waals surface area contributed by atoms with Crippen LogP contribution in [0.2, 0.25) is 0 Å². The van der Waals surface area contributed by atoms with Crippen molar-refractivity contribution in [2.24, 2.45) is 14.1 Å². The molecule has 1 aromatic carbocycles. The van der Waals surface area contributed by atoms with Crippen molar-refractivity contribution < 1.29 is 4.79 Å². The van der Waals surface area contributed by atoms with Crippen molar-refractivity contribution in [1.29, 1.82) is 0 Å². The lowest BCUT2D eigenvalue weighted by molar-refractivity contribution is 0.111. The van der Waals surface area contributed by atoms with Crippen LogP contribution in [-0.4, -0.2) is 15.4 Å². The van der Waals surface area contributed by atoms with E-state index in [0.29, 0.717) is 5.69 Å². The maximum Gasteiger partial charge on any atom is 0.166 e. The Morgan fingerprint density at radius 3 is 2.53 bits per heavy atom. The molecule has 3 nitrogen and oxygen atoms in total. The summed E-state index contributed by atoms with van der Waals surface area (Å²) in [5, 5.41) is 1.20. The molecule has 0 radical (unpaired) electrons. The molecule has 2 heterocycles. The van der Waals surface area contributed by atoms with Crippen LogP contribution in [0.5, 0.6) is 0 Å². The third kappa shape index (κ3) is 1.19. The first-order valence-electron chi connectivity index (χ1n) is 5.63. The zero-order valence-corrected chi connectivity index (χ0v) is 10.2. The summed E-state index contributed by atoms with van der Waals surface area (Å²) < 4.78 is 4.10. The minimum atomic E-state index is 0.716. The van der Waals surface area contributed by atoms with Crippen LogP contribution in [0, 0.1) is 6.92 Å². The minimum Gasteiger partial charge on any atom is -0.342 e. The minimum absolute atomic E-state index is 0.716. The lowest BCUT2D eigenvalue weighted by Gasteiger charge is -2.00. The monoisotopic (exact) mass is 226 g/mol. The molecule has 3 aromatic rings. The highest BCUT2D eigenvalue weighted by molar-refractivity contribution is 6.08. The van der Waals surface area contributed by atoms with Gasteiger partial charge < -0.3 is 9.13 Å². The van der Waals surface area contributed by atoms with Gasteiger partial charge in [0.25, 0.3) is 0 Å². The molecule has 0 saturated carbocycles. The van der Waals surface area contributed by atoms with Crippen molar-refractivity contribution >= 4 is 28.2 Å². The predicted octanol–water partition coefficient (Wildman–Crippen LogP) is 2.79. The fourth-order valence-corrected chi connectivity index (χ4v) is 2.54. The summed E-state index contributed by atoms with van der Waals surface area (Å²) in [6.07, 6.45) is 0.903. The largest absolute Gasteiger partial charge is 0.342 e. The standard InChI is InChI=1S/C14H14N2O/c1-9-4-5-11-12(6-9)16(3)13-7-10(8-17)15(2)14(11)13/h4-8H,1-3H3. The quantitative estimate of drug-likeness (QED) is 0.586. The van der Waals surface area contributed by atoms with Crippen LogP contribution in [0.15, 0.2) is 24.3 Å². The number of aromatic nitrogens is 2. The normalized spacial score (nSPS) is 11.5. The second-order valence-corrected chi connectivity index (χ2v) is 4.56. The van der Waals surface area contributed by atoms with Gasteiger partial charge in [0.2, 0.25) is 0 Å². The summed E-state index contributed by atoms with van der Waals surface area (Å²) in [5.74, 6) is 0. The molecule has 0 saturated heterocycles. The molecular formula is C14H14N2O. The van der Waals surface area contributed by atoms with Crippen molar-refractivity contribution in [3.8, 4) is 0 Å². The highest BCUT2D eigenvalue weighted by atomic mass is 16.1. The maximum atomic E-state index is 11.0. The fraction of sp³-hybridized carbons (Fsp3) is 0.214. The zero-order chi connectivity index (χ0) is 12.2. The zero-order valence-electron chi connectivity index (χ0n) is 10.2. The number of hydrogen-bond donors (Lipinski definition) is 0. The van der Waals surface area contributed by atoms with Crippen molar-refractivity contribution in [2.75, 3.05) is 0 Å². The molecule has 0 spiro atoms. The smallest absolute Gasteiger partial charge is 0.166 e. The molecule has 0 atom stereocenters. The van der Waals surface area contributed by atoms with Gasteiger partial charge in [0.15, 0.2) is 6.29 Å². The van der Waals surface area contributed by atoms with Crippen LogP contribution in [0.25, 0.3) is 21.9 Å². The van der Waals surface area contributed by atoms with Gasteiger partial charge in [-0.25, -0.2) is 0 Å². The molecule has 0 aliphatic heterocycles. The Kier molecular flexibility index (Phi) is 1.93. The highest BCUT2D eigenvalue weighted by Crippen LogP contribution is 2.30. The average molecular weight is 226 g/mol. The second-order valence-electron chi connectivity index (χ2n) is 4.56. The third-order valence-electron chi connectivity index (χ3n) is 3.50. The van der Waals surface area contributed by atoms with Crippen LogP contribution in [0.1, 0.15) is 16.1 Å². The Morgan fingerprint density at radius 1 is 1.06 bits per heavy atom. The number of nitrogens with zero attached hydrogens (tertiary/aromatic N) is 2. The molecule has 0 bridgehead atoms. The summed E-state index contributed by atoms with van der Waals surface area (Å²) in [5.41, 5.74) is 5.41. The number of aryl methyl sites for hydroxylation is 3. The van der Waals surface area contributed by atoms with E-state index in [4.69, 9.17) is 0 Å². The van der Waals surface area contributed by atoms with E-state index in [-0.39, 0.29) is 0 Å². The maximum absolute atomic E-state index is 11.0. The summed E-state index contributed by atoms with van der Waals surface area (Å²) in [7, 11) is 3.98. The van der Waals surface area contributed by atoms with Crippen LogP contribution >= 0.6 is 0 Å². The number of carbonyl (C=O) groups excluding carboxylic acids is 1. The van der Waals surface area contributed by atoms with Crippen molar-refractivity contribution in [2.45, 2.75) is 6.92 Å². The van der Waals surface area contributed by atoms with Gasteiger partial charge in [-0.15, -0.1) is 0 Å². The van der Waals surface area contributed by atoms with Gasteiger partial charge in [0.05, 0.1) is 22.2 Å². The van der Waals surface area contributed by atoms with Crippen molar-refractivity contribution in [1.82, 2.24) is 9.13 Å². The molecule has 0 N–H and O–H groups in total. The molecule has 3 heteroatoms. The Labute approximate surface area is 99.3 Å². The van der Waals surface area contributed by atoms with Gasteiger partial charge >= 0.3 is 0 Å². The molecule has 0 fully saturated rings. The van der Waals surface area contributed by atoms with Gasteiger partial charge in [0, 0.05) is 19.5 Å². The lowest BCUT2D eigenvalue weighted by atomic mass is 10.2. The summed E-state index contributed by atoms with van der Waals surface area (Å²) >= 11 is 0. The molecule has 0 aliphatic carbocycles. The number of carbonyl (C=O) groups is 1. The van der Waals surface area contributed by atoms with E-state index in [9.17, 15) is 4.79 Å². The Morgan fingerprint density at radius 2 is 1.82 bits per heavy atom. The first-order valence-corrected chi connectivity index (χ1v) is 5.63. The number of hydrogen-bond acceptors (Lipinski definition) is 1. The number of aldehydes is 1. The van der Waals surface area contributed by atoms with E-state index in [2.05, 4.69) is 29.7 Å². The molecular weight excluding hydrogens is 212 g/mol. The van der Waals surface area contributed by atoms with Crippen molar-refractivity contribution in [3.05, 3.63) is 35.5 Å². The number of fused-ring (bicyclic) bond motifs is 3. The fourth-order valence-electron chi connectivity index (χ4n) is 2.54. The summed E-state index contributed by atoms with van der Waals surface area (Å²) in [6.45, 7) is 2.09. The number of rotatable bonds is 1. The van der Waals surface area contributed by atoms with Gasteiger partial charge in [-0.05, 0) is 24.6 Å². The van der Waals surface area contributed by atoms with E-state index in [1.165, 1.54) is 16.5 Å². The first-order chi connectivity index (χ1) is 8.13. The van der Waals surface area contributed by atoms with E-state index in [1.54, 1.807) is 0 Å². The van der Waals surface area contributed by atoms with Gasteiger partial charge in [-0.3, -0.25) is 4.79 Å². The van der Waals surface area contributed by atoms with Crippen LogP contribution in [0.3, 0.4) is 0 Å². The Hall–Kier alpha value is -2.03. The topological polar surface area (TPSA) is 26.9 Å². The first kappa shape index (κ1) is 10.1. The molecule has 3 rings (SSSR count). The highest BCUT2D eigenvalue weighted by Gasteiger charge is 2.14. The summed E-state index contributed by atoms with van der Waals surface area (Å²) in [6, 6.07) is 8.35. The molecule has 2 aromatic heterocycles. The van der Waals surface area contributed by atoms with Crippen molar-refractivity contribution in [3.63, 3.8) is 0 Å². The molecule has 17 heavy (non-hydrogen) atoms. The average Bonchev–Trinajstić information content (AvgIpc) is 2.78. The van der Waals surface area contributed by atoms with Gasteiger partial charge in [-0.2, -0.15) is 0 Å².